The van der Waals surface area contributed by atoms with Crippen molar-refractivity contribution >= 4 is 49.0 Å². The van der Waals surface area contributed by atoms with Crippen LogP contribution in [0.3, 0.4) is 0 Å². The van der Waals surface area contributed by atoms with Crippen LogP contribution in [0.25, 0.3) is 10.7 Å². The highest BCUT2D eigenvalue weighted by molar-refractivity contribution is 9.11. The van der Waals surface area contributed by atoms with E-state index >= 15 is 0 Å². The zero-order chi connectivity index (χ0) is 13.1. The molecule has 0 aliphatic carbocycles. The number of thiophene rings is 1. The molecule has 0 atom stereocenters. The van der Waals surface area contributed by atoms with E-state index in [0.717, 1.165) is 25.3 Å². The third-order valence-electron chi connectivity index (χ3n) is 2.26. The smallest absolute Gasteiger partial charge is 0.173 e. The van der Waals surface area contributed by atoms with Crippen LogP contribution < -0.4 is 5.32 Å². The van der Waals surface area contributed by atoms with Gasteiger partial charge in [-0.15, -0.1) is 11.3 Å². The van der Waals surface area contributed by atoms with Gasteiger partial charge in [0.05, 0.1) is 21.7 Å². The predicted molar refractivity (Wildman–Crippen MR) is 81.0 cm³/mol. The van der Waals surface area contributed by atoms with Gasteiger partial charge in [0.25, 0.3) is 0 Å². The minimum absolute atomic E-state index is 0.438. The van der Waals surface area contributed by atoms with Crippen LogP contribution in [0.4, 0.5) is 5.82 Å². The van der Waals surface area contributed by atoms with Crippen molar-refractivity contribution < 1.29 is 4.74 Å². The van der Waals surface area contributed by atoms with Crippen molar-refractivity contribution in [2.45, 2.75) is 6.61 Å². The largest absolute Gasteiger partial charge is 0.378 e. The highest BCUT2D eigenvalue weighted by Gasteiger charge is 2.15. The second kappa shape index (κ2) is 6.10. The molecule has 2 heterocycles. The maximum Gasteiger partial charge on any atom is 0.173 e. The Morgan fingerprint density at radius 3 is 2.72 bits per heavy atom. The third-order valence-corrected chi connectivity index (χ3v) is 4.92. The molecule has 4 nitrogen and oxygen atoms in total. The number of anilines is 1. The van der Waals surface area contributed by atoms with Gasteiger partial charge in [0.15, 0.2) is 5.82 Å². The van der Waals surface area contributed by atoms with E-state index < -0.39 is 0 Å². The number of methoxy groups -OCH3 is 1. The van der Waals surface area contributed by atoms with Crippen molar-refractivity contribution in [3.05, 3.63) is 26.1 Å². The van der Waals surface area contributed by atoms with Gasteiger partial charge in [-0.3, -0.25) is 0 Å². The molecule has 0 saturated carbocycles. The van der Waals surface area contributed by atoms with E-state index in [1.807, 2.05) is 18.5 Å². The first-order valence-corrected chi connectivity index (χ1v) is 7.60. The molecule has 0 radical (unpaired) electrons. The maximum absolute atomic E-state index is 5.15. The number of rotatable bonds is 4. The minimum atomic E-state index is 0.438. The molecule has 0 amide bonds. The number of ether oxygens (including phenoxy) is 1. The van der Waals surface area contributed by atoms with Gasteiger partial charge in [-0.1, -0.05) is 0 Å². The van der Waals surface area contributed by atoms with Crippen molar-refractivity contribution in [2.75, 3.05) is 19.5 Å². The number of halogens is 2. The van der Waals surface area contributed by atoms with Gasteiger partial charge < -0.3 is 10.1 Å². The summed E-state index contributed by atoms with van der Waals surface area (Å²) in [6.45, 7) is 0.438. The SMILES string of the molecule is CNc1nc(-c2sccc2Br)nc(COC)c1Br. The van der Waals surface area contributed by atoms with Crippen LogP contribution in [-0.2, 0) is 11.3 Å². The Kier molecular flexibility index (Phi) is 4.71. The fourth-order valence-electron chi connectivity index (χ4n) is 1.45. The molecule has 0 saturated heterocycles. The van der Waals surface area contributed by atoms with Gasteiger partial charge in [-0.05, 0) is 43.3 Å². The molecular weight excluding hydrogens is 382 g/mol. The molecule has 0 bridgehead atoms. The first-order chi connectivity index (χ1) is 8.67. The van der Waals surface area contributed by atoms with Crippen LogP contribution in [0.2, 0.25) is 0 Å². The van der Waals surface area contributed by atoms with E-state index in [2.05, 4.69) is 47.1 Å². The van der Waals surface area contributed by atoms with Gasteiger partial charge >= 0.3 is 0 Å². The van der Waals surface area contributed by atoms with Gasteiger partial charge in [0.1, 0.15) is 5.82 Å². The lowest BCUT2D eigenvalue weighted by Crippen LogP contribution is -2.03. The molecule has 0 fully saturated rings. The zero-order valence-corrected chi connectivity index (χ0v) is 13.8. The fourth-order valence-corrected chi connectivity index (χ4v) is 3.42. The summed E-state index contributed by atoms with van der Waals surface area (Å²) in [5.74, 6) is 1.45. The second-order valence-corrected chi connectivity index (χ2v) is 6.00. The Hall–Kier alpha value is -0.500. The molecule has 2 aromatic heterocycles. The van der Waals surface area contributed by atoms with Gasteiger partial charge in [0.2, 0.25) is 0 Å². The Morgan fingerprint density at radius 2 is 2.17 bits per heavy atom. The molecule has 18 heavy (non-hydrogen) atoms. The monoisotopic (exact) mass is 391 g/mol. The zero-order valence-electron chi connectivity index (χ0n) is 9.83. The number of aromatic nitrogens is 2. The molecule has 0 spiro atoms. The van der Waals surface area contributed by atoms with E-state index in [0.29, 0.717) is 12.4 Å². The molecule has 0 unspecified atom stereocenters. The molecule has 2 aromatic rings. The summed E-state index contributed by atoms with van der Waals surface area (Å²) in [6, 6.07) is 1.99. The number of hydrogen-bond acceptors (Lipinski definition) is 5. The lowest BCUT2D eigenvalue weighted by molar-refractivity contribution is 0.181. The first-order valence-electron chi connectivity index (χ1n) is 5.13. The van der Waals surface area contributed by atoms with E-state index in [4.69, 9.17) is 4.74 Å². The van der Waals surface area contributed by atoms with Gasteiger partial charge in [-0.2, -0.15) is 0 Å². The van der Waals surface area contributed by atoms with Crippen LogP contribution in [0.15, 0.2) is 20.4 Å². The average Bonchev–Trinajstić information content (AvgIpc) is 2.78. The highest BCUT2D eigenvalue weighted by atomic mass is 79.9. The Bertz CT molecular complexity index is 559. The second-order valence-electron chi connectivity index (χ2n) is 3.44. The van der Waals surface area contributed by atoms with Crippen molar-refractivity contribution in [3.8, 4) is 10.7 Å². The van der Waals surface area contributed by atoms with E-state index in [1.165, 1.54) is 0 Å². The summed E-state index contributed by atoms with van der Waals surface area (Å²) < 4.78 is 6.99. The van der Waals surface area contributed by atoms with E-state index in [9.17, 15) is 0 Å². The minimum Gasteiger partial charge on any atom is -0.378 e. The van der Waals surface area contributed by atoms with E-state index in [1.54, 1.807) is 18.4 Å². The fraction of sp³-hybridized carbons (Fsp3) is 0.273. The summed E-state index contributed by atoms with van der Waals surface area (Å²) in [5.41, 5.74) is 0.826. The number of nitrogens with one attached hydrogen (secondary N) is 1. The highest BCUT2D eigenvalue weighted by Crippen LogP contribution is 2.34. The first kappa shape index (κ1) is 13.9. The summed E-state index contributed by atoms with van der Waals surface area (Å²) in [7, 11) is 3.48. The third kappa shape index (κ3) is 2.74. The molecule has 0 aromatic carbocycles. The Balaban J connectivity index is 2.55. The number of nitrogens with zero attached hydrogens (tertiary/aromatic N) is 2. The molecule has 96 valence electrons. The summed E-state index contributed by atoms with van der Waals surface area (Å²) in [6.07, 6.45) is 0. The summed E-state index contributed by atoms with van der Waals surface area (Å²) >= 11 is 8.58. The summed E-state index contributed by atoms with van der Waals surface area (Å²) in [4.78, 5) is 10.0. The van der Waals surface area contributed by atoms with Crippen LogP contribution in [0.1, 0.15) is 5.69 Å². The Labute approximate surface area is 126 Å². The molecule has 2 rings (SSSR count). The van der Waals surface area contributed by atoms with Crippen molar-refractivity contribution in [1.82, 2.24) is 9.97 Å². The van der Waals surface area contributed by atoms with Crippen LogP contribution in [0.5, 0.6) is 0 Å². The van der Waals surface area contributed by atoms with Gasteiger partial charge in [-0.25, -0.2) is 9.97 Å². The lowest BCUT2D eigenvalue weighted by Gasteiger charge is -2.10. The summed E-state index contributed by atoms with van der Waals surface area (Å²) in [5, 5.41) is 5.05. The predicted octanol–water partition coefficient (Wildman–Crippen LogP) is 3.92. The quantitative estimate of drug-likeness (QED) is 0.856. The number of hydrogen-bond donors (Lipinski definition) is 1. The molecular formula is C11H11Br2N3OS. The lowest BCUT2D eigenvalue weighted by atomic mass is 10.3. The maximum atomic E-state index is 5.15. The Morgan fingerprint density at radius 1 is 1.39 bits per heavy atom. The van der Waals surface area contributed by atoms with Crippen molar-refractivity contribution in [1.29, 1.82) is 0 Å². The molecule has 7 heteroatoms. The molecule has 1 N–H and O–H groups in total. The standard InChI is InChI=1S/C11H11Br2N3OS/c1-14-10-8(13)7(5-17-2)15-11(16-10)9-6(12)3-4-18-9/h3-4H,5H2,1-2H3,(H,14,15,16). The van der Waals surface area contributed by atoms with Crippen LogP contribution in [-0.4, -0.2) is 24.1 Å². The molecule has 0 aliphatic heterocycles. The topological polar surface area (TPSA) is 47.0 Å². The van der Waals surface area contributed by atoms with Crippen LogP contribution in [0, 0.1) is 0 Å². The average molecular weight is 393 g/mol. The van der Waals surface area contributed by atoms with Crippen molar-refractivity contribution in [3.63, 3.8) is 0 Å². The molecule has 0 aliphatic rings. The van der Waals surface area contributed by atoms with Crippen molar-refractivity contribution in [2.24, 2.45) is 0 Å². The van der Waals surface area contributed by atoms with E-state index in [-0.39, 0.29) is 0 Å². The van der Waals surface area contributed by atoms with Gasteiger partial charge in [0, 0.05) is 18.6 Å². The van der Waals surface area contributed by atoms with Crippen LogP contribution >= 0.6 is 43.2 Å². The normalized spacial score (nSPS) is 10.7.